The van der Waals surface area contributed by atoms with Gasteiger partial charge in [-0.1, -0.05) is 48.7 Å². The third kappa shape index (κ3) is 7.17. The lowest BCUT2D eigenvalue weighted by Crippen LogP contribution is -2.50. The fourth-order valence-corrected chi connectivity index (χ4v) is 4.86. The van der Waals surface area contributed by atoms with Crippen LogP contribution in [0.15, 0.2) is 48.5 Å². The van der Waals surface area contributed by atoms with Gasteiger partial charge in [-0.05, 0) is 55.2 Å². The third-order valence-corrected chi connectivity index (χ3v) is 7.00. The van der Waals surface area contributed by atoms with Crippen molar-refractivity contribution in [2.24, 2.45) is 0 Å². The highest BCUT2D eigenvalue weighted by molar-refractivity contribution is 7.99. The molecule has 7 heteroatoms. The summed E-state index contributed by atoms with van der Waals surface area (Å²) in [7, 11) is 1.62. The molecule has 0 bridgehead atoms. The van der Waals surface area contributed by atoms with Crippen molar-refractivity contribution < 1.29 is 14.3 Å². The highest BCUT2D eigenvalue weighted by atomic mass is 35.5. The lowest BCUT2D eigenvalue weighted by atomic mass is 10.1. The van der Waals surface area contributed by atoms with Gasteiger partial charge in [0.15, 0.2) is 0 Å². The average molecular weight is 475 g/mol. The van der Waals surface area contributed by atoms with Gasteiger partial charge >= 0.3 is 0 Å². The van der Waals surface area contributed by atoms with Crippen LogP contribution in [0.2, 0.25) is 5.02 Å². The summed E-state index contributed by atoms with van der Waals surface area (Å²) >= 11 is 7.49. The topological polar surface area (TPSA) is 58.6 Å². The summed E-state index contributed by atoms with van der Waals surface area (Å²) in [4.78, 5) is 27.8. The normalized spacial score (nSPS) is 14.7. The number of nitrogens with zero attached hydrogens (tertiary/aromatic N) is 1. The summed E-state index contributed by atoms with van der Waals surface area (Å²) < 4.78 is 5.32. The number of carbonyl (C=O) groups is 2. The second kappa shape index (κ2) is 12.2. The number of thioether (sulfide) groups is 1. The second-order valence-electron chi connectivity index (χ2n) is 8.16. The Balaban J connectivity index is 1.66. The predicted molar refractivity (Wildman–Crippen MR) is 131 cm³/mol. The van der Waals surface area contributed by atoms with E-state index in [2.05, 4.69) is 5.32 Å². The molecule has 1 unspecified atom stereocenters. The van der Waals surface area contributed by atoms with Crippen molar-refractivity contribution in [3.05, 3.63) is 64.7 Å². The number of nitrogens with one attached hydrogen (secondary N) is 1. The maximum Gasteiger partial charge on any atom is 0.242 e. The van der Waals surface area contributed by atoms with Crippen LogP contribution < -0.4 is 10.1 Å². The van der Waals surface area contributed by atoms with Crippen molar-refractivity contribution in [1.29, 1.82) is 0 Å². The number of rotatable bonds is 10. The number of methoxy groups -OCH3 is 1. The quantitative estimate of drug-likeness (QED) is 0.523. The molecular weight excluding hydrogens is 444 g/mol. The molecule has 172 valence electrons. The highest BCUT2D eigenvalue weighted by Crippen LogP contribution is 2.21. The van der Waals surface area contributed by atoms with E-state index < -0.39 is 6.04 Å². The van der Waals surface area contributed by atoms with Gasteiger partial charge in [0.25, 0.3) is 0 Å². The summed E-state index contributed by atoms with van der Waals surface area (Å²) in [6.07, 6.45) is 4.32. The van der Waals surface area contributed by atoms with Crippen molar-refractivity contribution in [2.45, 2.75) is 57.0 Å². The standard InChI is InChI=1S/C25H31ClN2O3S/c1-18(25(30)27-22-7-3-4-8-22)28(15-20-6-5-9-23(14-20)31-2)24(29)17-32-16-19-10-12-21(26)13-11-19/h5-6,9-14,18,22H,3-4,7-8,15-17H2,1-2H3,(H,27,30). The first-order valence-corrected chi connectivity index (χ1v) is 12.5. The smallest absolute Gasteiger partial charge is 0.242 e. The van der Waals surface area contributed by atoms with Crippen LogP contribution in [0.1, 0.15) is 43.7 Å². The Morgan fingerprint density at radius 2 is 1.88 bits per heavy atom. The molecule has 32 heavy (non-hydrogen) atoms. The van der Waals surface area contributed by atoms with Crippen LogP contribution in [0.5, 0.6) is 5.75 Å². The van der Waals surface area contributed by atoms with Gasteiger partial charge in [-0.15, -0.1) is 11.8 Å². The number of benzene rings is 2. The first-order chi connectivity index (χ1) is 15.5. The SMILES string of the molecule is COc1cccc(CN(C(=O)CSCc2ccc(Cl)cc2)C(C)C(=O)NC2CCCC2)c1. The molecule has 1 N–H and O–H groups in total. The zero-order chi connectivity index (χ0) is 22.9. The molecule has 3 rings (SSSR count). The minimum absolute atomic E-state index is 0.0548. The summed E-state index contributed by atoms with van der Waals surface area (Å²) in [6.45, 7) is 2.17. The monoisotopic (exact) mass is 474 g/mol. The predicted octanol–water partition coefficient (Wildman–Crippen LogP) is 5.06. The minimum Gasteiger partial charge on any atom is -0.497 e. The molecule has 0 heterocycles. The molecule has 1 aliphatic carbocycles. The number of ether oxygens (including phenoxy) is 1. The van der Waals surface area contributed by atoms with Crippen LogP contribution >= 0.6 is 23.4 Å². The first-order valence-electron chi connectivity index (χ1n) is 11.0. The van der Waals surface area contributed by atoms with Gasteiger partial charge in [-0.2, -0.15) is 0 Å². The molecule has 0 aliphatic heterocycles. The fourth-order valence-electron chi connectivity index (χ4n) is 3.86. The molecule has 0 aromatic heterocycles. The molecule has 5 nitrogen and oxygen atoms in total. The Morgan fingerprint density at radius 1 is 1.16 bits per heavy atom. The molecular formula is C25H31ClN2O3S. The molecule has 2 amide bonds. The maximum absolute atomic E-state index is 13.2. The van der Waals surface area contributed by atoms with Crippen LogP contribution in [-0.2, 0) is 21.9 Å². The lowest BCUT2D eigenvalue weighted by Gasteiger charge is -2.29. The van der Waals surface area contributed by atoms with E-state index in [1.165, 1.54) is 11.8 Å². The van der Waals surface area contributed by atoms with E-state index in [-0.39, 0.29) is 17.9 Å². The second-order valence-corrected chi connectivity index (χ2v) is 9.58. The Morgan fingerprint density at radius 3 is 2.56 bits per heavy atom. The number of amides is 2. The van der Waals surface area contributed by atoms with E-state index in [4.69, 9.17) is 16.3 Å². The third-order valence-electron chi connectivity index (χ3n) is 5.76. The van der Waals surface area contributed by atoms with Gasteiger partial charge in [0.05, 0.1) is 12.9 Å². The van der Waals surface area contributed by atoms with Crippen molar-refractivity contribution in [1.82, 2.24) is 10.2 Å². The molecule has 0 radical (unpaired) electrons. The molecule has 2 aromatic rings. The Kier molecular flexibility index (Phi) is 9.30. The van der Waals surface area contributed by atoms with Crippen molar-refractivity contribution in [3.8, 4) is 5.75 Å². The minimum atomic E-state index is -0.551. The molecule has 1 saturated carbocycles. The summed E-state index contributed by atoms with van der Waals surface area (Å²) in [6, 6.07) is 14.9. The van der Waals surface area contributed by atoms with E-state index in [0.29, 0.717) is 23.1 Å². The first kappa shape index (κ1) is 24.5. The van der Waals surface area contributed by atoms with Crippen LogP contribution in [0.4, 0.5) is 0 Å². The number of hydrogen-bond acceptors (Lipinski definition) is 4. The summed E-state index contributed by atoms with van der Waals surface area (Å²) in [5.41, 5.74) is 2.04. The maximum atomic E-state index is 13.2. The van der Waals surface area contributed by atoms with Gasteiger partial charge in [0.1, 0.15) is 11.8 Å². The van der Waals surface area contributed by atoms with Crippen LogP contribution in [-0.4, -0.2) is 41.7 Å². The van der Waals surface area contributed by atoms with E-state index in [0.717, 1.165) is 42.6 Å². The van der Waals surface area contributed by atoms with Gasteiger partial charge in [0.2, 0.25) is 11.8 Å². The van der Waals surface area contributed by atoms with Crippen LogP contribution in [0.3, 0.4) is 0 Å². The Labute approximate surface area is 199 Å². The van der Waals surface area contributed by atoms with Gasteiger partial charge in [0, 0.05) is 23.4 Å². The van der Waals surface area contributed by atoms with Gasteiger partial charge < -0.3 is 15.0 Å². The highest BCUT2D eigenvalue weighted by Gasteiger charge is 2.28. The van der Waals surface area contributed by atoms with Crippen molar-refractivity contribution in [3.63, 3.8) is 0 Å². The van der Waals surface area contributed by atoms with Crippen LogP contribution in [0, 0.1) is 0 Å². The molecule has 0 spiro atoms. The summed E-state index contributed by atoms with van der Waals surface area (Å²) in [5.74, 6) is 1.60. The average Bonchev–Trinajstić information content (AvgIpc) is 3.31. The molecule has 1 atom stereocenters. The van der Waals surface area contributed by atoms with Crippen LogP contribution in [0.25, 0.3) is 0 Å². The number of halogens is 1. The molecule has 1 aliphatic rings. The van der Waals surface area contributed by atoms with E-state index in [1.54, 1.807) is 12.0 Å². The molecule has 1 fully saturated rings. The molecule has 2 aromatic carbocycles. The van der Waals surface area contributed by atoms with Crippen molar-refractivity contribution >= 4 is 35.2 Å². The van der Waals surface area contributed by atoms with E-state index in [1.807, 2.05) is 55.5 Å². The summed E-state index contributed by atoms with van der Waals surface area (Å²) in [5, 5.41) is 3.83. The van der Waals surface area contributed by atoms with Gasteiger partial charge in [-0.25, -0.2) is 0 Å². The lowest BCUT2D eigenvalue weighted by molar-refractivity contribution is -0.138. The van der Waals surface area contributed by atoms with Crippen molar-refractivity contribution in [2.75, 3.05) is 12.9 Å². The Hall–Kier alpha value is -2.18. The zero-order valence-electron chi connectivity index (χ0n) is 18.7. The van der Waals surface area contributed by atoms with E-state index >= 15 is 0 Å². The van der Waals surface area contributed by atoms with E-state index in [9.17, 15) is 9.59 Å². The number of carbonyl (C=O) groups excluding carboxylic acids is 2. The number of hydrogen-bond donors (Lipinski definition) is 1. The molecule has 0 saturated heterocycles. The zero-order valence-corrected chi connectivity index (χ0v) is 20.3. The largest absolute Gasteiger partial charge is 0.497 e. The van der Waals surface area contributed by atoms with Gasteiger partial charge in [-0.3, -0.25) is 9.59 Å². The Bertz CT molecular complexity index is 900. The fraction of sp³-hybridized carbons (Fsp3) is 0.440.